The van der Waals surface area contributed by atoms with Crippen LogP contribution in [0.4, 0.5) is 0 Å². The van der Waals surface area contributed by atoms with Crippen molar-refractivity contribution in [3.05, 3.63) is 60.9 Å². The van der Waals surface area contributed by atoms with E-state index in [0.29, 0.717) is 0 Å². The first-order chi connectivity index (χ1) is 10.3. The van der Waals surface area contributed by atoms with Gasteiger partial charge in [0.15, 0.2) is 0 Å². The van der Waals surface area contributed by atoms with Crippen LogP contribution in [0.5, 0.6) is 0 Å². The summed E-state index contributed by atoms with van der Waals surface area (Å²) >= 11 is 0. The average molecular weight is 275 g/mol. The molecular formula is C16H13N5. The number of rotatable bonds is 2. The minimum absolute atomic E-state index is 0.867. The van der Waals surface area contributed by atoms with Gasteiger partial charge in [0.25, 0.3) is 0 Å². The molecule has 0 radical (unpaired) electrons. The molecule has 0 N–H and O–H groups in total. The largest absolute Gasteiger partial charge is 0.301 e. The first-order valence-corrected chi connectivity index (χ1v) is 6.71. The van der Waals surface area contributed by atoms with Gasteiger partial charge in [0.1, 0.15) is 11.3 Å². The third-order valence-electron chi connectivity index (χ3n) is 3.55. The standard InChI is InChI=1S/C16H13N5/c1-20-15(11-17-19-20)14-8-7-12-9-10-21(16(12)18-14)13-5-3-2-4-6-13/h2-11H,1H3. The number of aromatic nitrogens is 5. The zero-order chi connectivity index (χ0) is 14.2. The Kier molecular flexibility index (Phi) is 2.57. The van der Waals surface area contributed by atoms with Gasteiger partial charge in [-0.15, -0.1) is 5.10 Å². The number of pyridine rings is 1. The molecular weight excluding hydrogens is 262 g/mol. The quantitative estimate of drug-likeness (QED) is 0.565. The molecule has 0 amide bonds. The van der Waals surface area contributed by atoms with E-state index in [2.05, 4.69) is 39.1 Å². The van der Waals surface area contributed by atoms with Crippen LogP contribution in [0.25, 0.3) is 28.1 Å². The lowest BCUT2D eigenvalue weighted by Crippen LogP contribution is -1.98. The van der Waals surface area contributed by atoms with Crippen LogP contribution in [-0.4, -0.2) is 24.5 Å². The summed E-state index contributed by atoms with van der Waals surface area (Å²) in [6.45, 7) is 0. The third kappa shape index (κ3) is 1.90. The highest BCUT2D eigenvalue weighted by Crippen LogP contribution is 2.23. The van der Waals surface area contributed by atoms with Gasteiger partial charge >= 0.3 is 0 Å². The second kappa shape index (κ2) is 4.56. The van der Waals surface area contributed by atoms with E-state index < -0.39 is 0 Å². The topological polar surface area (TPSA) is 48.5 Å². The number of benzene rings is 1. The van der Waals surface area contributed by atoms with E-state index in [9.17, 15) is 0 Å². The van der Waals surface area contributed by atoms with Crippen LogP contribution >= 0.6 is 0 Å². The Bertz CT molecular complexity index is 905. The van der Waals surface area contributed by atoms with Crippen LogP contribution in [0, 0.1) is 0 Å². The second-order valence-electron chi connectivity index (χ2n) is 4.87. The van der Waals surface area contributed by atoms with Gasteiger partial charge in [0.05, 0.1) is 11.9 Å². The highest BCUT2D eigenvalue weighted by atomic mass is 15.4. The van der Waals surface area contributed by atoms with Gasteiger partial charge in [-0.3, -0.25) is 0 Å². The van der Waals surface area contributed by atoms with E-state index >= 15 is 0 Å². The fraction of sp³-hybridized carbons (Fsp3) is 0.0625. The molecule has 4 rings (SSSR count). The van der Waals surface area contributed by atoms with Crippen molar-refractivity contribution in [2.75, 3.05) is 0 Å². The molecule has 0 saturated heterocycles. The van der Waals surface area contributed by atoms with Crippen molar-refractivity contribution < 1.29 is 0 Å². The van der Waals surface area contributed by atoms with E-state index in [1.807, 2.05) is 37.5 Å². The summed E-state index contributed by atoms with van der Waals surface area (Å²) in [6, 6.07) is 16.3. The Hall–Kier alpha value is -2.95. The van der Waals surface area contributed by atoms with Gasteiger partial charge in [-0.1, -0.05) is 23.4 Å². The first-order valence-electron chi connectivity index (χ1n) is 6.71. The van der Waals surface area contributed by atoms with E-state index in [-0.39, 0.29) is 0 Å². The molecule has 0 unspecified atom stereocenters. The highest BCUT2D eigenvalue weighted by Gasteiger charge is 2.09. The van der Waals surface area contributed by atoms with Gasteiger partial charge < -0.3 is 4.57 Å². The van der Waals surface area contributed by atoms with E-state index in [4.69, 9.17) is 4.98 Å². The Labute approximate surface area is 121 Å². The molecule has 5 nitrogen and oxygen atoms in total. The molecule has 102 valence electrons. The zero-order valence-electron chi connectivity index (χ0n) is 11.5. The molecule has 0 fully saturated rings. The smallest absolute Gasteiger partial charge is 0.145 e. The van der Waals surface area contributed by atoms with Crippen molar-refractivity contribution in [3.8, 4) is 17.1 Å². The Balaban J connectivity index is 1.93. The fourth-order valence-corrected chi connectivity index (χ4v) is 2.47. The molecule has 0 atom stereocenters. The van der Waals surface area contributed by atoms with E-state index in [1.165, 1.54) is 0 Å². The van der Waals surface area contributed by atoms with E-state index in [1.54, 1.807) is 10.9 Å². The number of hydrogen-bond acceptors (Lipinski definition) is 3. The maximum Gasteiger partial charge on any atom is 0.145 e. The van der Waals surface area contributed by atoms with Crippen molar-refractivity contribution in [3.63, 3.8) is 0 Å². The molecule has 0 saturated carbocycles. The predicted octanol–water partition coefficient (Wildman–Crippen LogP) is 2.82. The molecule has 5 heteroatoms. The van der Waals surface area contributed by atoms with Crippen LogP contribution in [0.15, 0.2) is 60.9 Å². The number of hydrogen-bond donors (Lipinski definition) is 0. The predicted molar refractivity (Wildman–Crippen MR) is 81.1 cm³/mol. The summed E-state index contributed by atoms with van der Waals surface area (Å²) in [5.74, 6) is 0. The molecule has 0 aliphatic carbocycles. The summed E-state index contributed by atoms with van der Waals surface area (Å²) in [5.41, 5.74) is 3.80. The van der Waals surface area contributed by atoms with Crippen molar-refractivity contribution in [2.45, 2.75) is 0 Å². The van der Waals surface area contributed by atoms with Crippen molar-refractivity contribution in [2.24, 2.45) is 7.05 Å². The number of aryl methyl sites for hydroxylation is 1. The summed E-state index contributed by atoms with van der Waals surface area (Å²) < 4.78 is 3.81. The van der Waals surface area contributed by atoms with Crippen LogP contribution in [-0.2, 0) is 7.05 Å². The monoisotopic (exact) mass is 275 g/mol. The van der Waals surface area contributed by atoms with Gasteiger partial charge in [-0.05, 0) is 30.3 Å². The first kappa shape index (κ1) is 11.8. The molecule has 0 aliphatic rings. The summed E-state index contributed by atoms with van der Waals surface area (Å²) in [6.07, 6.45) is 3.77. The summed E-state index contributed by atoms with van der Waals surface area (Å²) in [7, 11) is 1.87. The van der Waals surface area contributed by atoms with Crippen molar-refractivity contribution in [1.82, 2.24) is 24.5 Å². The second-order valence-corrected chi connectivity index (χ2v) is 4.87. The minimum Gasteiger partial charge on any atom is -0.301 e. The Morgan fingerprint density at radius 3 is 2.57 bits per heavy atom. The SMILES string of the molecule is Cn1nncc1-c1ccc2ccn(-c3ccccc3)c2n1. The Morgan fingerprint density at radius 1 is 0.952 bits per heavy atom. The maximum atomic E-state index is 4.78. The molecule has 0 aliphatic heterocycles. The highest BCUT2D eigenvalue weighted by molar-refractivity contribution is 5.80. The lowest BCUT2D eigenvalue weighted by atomic mass is 10.2. The van der Waals surface area contributed by atoms with Crippen LogP contribution in [0.2, 0.25) is 0 Å². The molecule has 3 heterocycles. The van der Waals surface area contributed by atoms with Crippen LogP contribution in [0.1, 0.15) is 0 Å². The van der Waals surface area contributed by atoms with E-state index in [0.717, 1.165) is 28.1 Å². The van der Waals surface area contributed by atoms with Gasteiger partial charge in [0.2, 0.25) is 0 Å². The van der Waals surface area contributed by atoms with Crippen LogP contribution in [0.3, 0.4) is 0 Å². The fourth-order valence-electron chi connectivity index (χ4n) is 2.47. The van der Waals surface area contributed by atoms with Gasteiger partial charge in [-0.2, -0.15) is 0 Å². The van der Waals surface area contributed by atoms with Crippen molar-refractivity contribution >= 4 is 11.0 Å². The van der Waals surface area contributed by atoms with Gasteiger partial charge in [-0.25, -0.2) is 9.67 Å². The minimum atomic E-state index is 0.867. The molecule has 3 aromatic heterocycles. The number of fused-ring (bicyclic) bond motifs is 1. The molecule has 0 bridgehead atoms. The van der Waals surface area contributed by atoms with Crippen molar-refractivity contribution in [1.29, 1.82) is 0 Å². The lowest BCUT2D eigenvalue weighted by Gasteiger charge is -2.06. The summed E-state index contributed by atoms with van der Waals surface area (Å²) in [5, 5.41) is 8.98. The summed E-state index contributed by atoms with van der Waals surface area (Å²) in [4.78, 5) is 4.78. The lowest BCUT2D eigenvalue weighted by molar-refractivity contribution is 0.719. The zero-order valence-corrected chi connectivity index (χ0v) is 11.5. The normalized spacial score (nSPS) is 11.1. The Morgan fingerprint density at radius 2 is 1.81 bits per heavy atom. The van der Waals surface area contributed by atoms with Crippen LogP contribution < -0.4 is 0 Å². The number of para-hydroxylation sites is 1. The molecule has 1 aromatic carbocycles. The third-order valence-corrected chi connectivity index (χ3v) is 3.55. The average Bonchev–Trinajstić information content (AvgIpc) is 3.13. The maximum absolute atomic E-state index is 4.78. The number of nitrogens with zero attached hydrogens (tertiary/aromatic N) is 5. The molecule has 0 spiro atoms. The molecule has 4 aromatic rings. The van der Waals surface area contributed by atoms with Gasteiger partial charge in [0, 0.05) is 24.3 Å². The molecule has 21 heavy (non-hydrogen) atoms.